The first-order chi connectivity index (χ1) is 11.0. The number of fused-ring (bicyclic) bond motifs is 1. The Labute approximate surface area is 130 Å². The van der Waals surface area contributed by atoms with Crippen LogP contribution in [0, 0.1) is 17.2 Å². The van der Waals surface area contributed by atoms with Crippen LogP contribution in [-0.4, -0.2) is 28.1 Å². The van der Waals surface area contributed by atoms with E-state index in [9.17, 15) is 13.2 Å². The largest absolute Gasteiger partial charge is 0.410 e. The van der Waals surface area contributed by atoms with E-state index in [-0.39, 0.29) is 24.8 Å². The second-order valence-electron chi connectivity index (χ2n) is 5.26. The fraction of sp³-hybridized carbons (Fsp3) is 0.429. The number of nitrogens with zero attached hydrogens (tertiary/aromatic N) is 5. The lowest BCUT2D eigenvalue weighted by molar-refractivity contribution is -0.171. The van der Waals surface area contributed by atoms with Crippen molar-refractivity contribution in [2.45, 2.75) is 31.1 Å². The van der Waals surface area contributed by atoms with E-state index in [1.807, 2.05) is 6.08 Å². The van der Waals surface area contributed by atoms with Gasteiger partial charge in [0.1, 0.15) is 18.2 Å². The number of nitriles is 1. The Morgan fingerprint density at radius 1 is 1.43 bits per heavy atom. The molecule has 3 atom stereocenters. The first-order valence-electron chi connectivity index (χ1n) is 7.01. The molecule has 0 aliphatic carbocycles. The number of hydrogen-bond donors (Lipinski definition) is 1. The highest BCUT2D eigenvalue weighted by Gasteiger charge is 2.41. The van der Waals surface area contributed by atoms with Crippen molar-refractivity contribution in [3.63, 3.8) is 0 Å². The summed E-state index contributed by atoms with van der Waals surface area (Å²) in [7, 11) is 0. The molecule has 0 bridgehead atoms. The van der Waals surface area contributed by atoms with Crippen LogP contribution >= 0.6 is 0 Å². The Morgan fingerprint density at radius 2 is 2.26 bits per heavy atom. The molecule has 6 nitrogen and oxygen atoms in total. The molecular formula is C14H13F3N6. The molecule has 3 rings (SSSR count). The van der Waals surface area contributed by atoms with Crippen molar-refractivity contribution in [3.05, 3.63) is 30.2 Å². The summed E-state index contributed by atoms with van der Waals surface area (Å²) >= 11 is 0. The highest BCUT2D eigenvalue weighted by Crippen LogP contribution is 2.36. The summed E-state index contributed by atoms with van der Waals surface area (Å²) in [5.74, 6) is 0.593. The standard InChI is InChI=1S/C14H13F3N6/c15-14(16,17)11(2-1-4-18)23-7-9(6-22-23)12-10-3-5-19-13(10)21-8-20-12/h3,5-8,10-12H,1-2H2,(H,19,20,21). The summed E-state index contributed by atoms with van der Waals surface area (Å²) < 4.78 is 40.3. The lowest BCUT2D eigenvalue weighted by atomic mass is 9.95. The van der Waals surface area contributed by atoms with Gasteiger partial charge in [0, 0.05) is 18.2 Å². The first-order valence-corrected chi connectivity index (χ1v) is 7.01. The smallest absolute Gasteiger partial charge is 0.350 e. The summed E-state index contributed by atoms with van der Waals surface area (Å²) in [5, 5.41) is 15.4. The maximum Gasteiger partial charge on any atom is 0.410 e. The quantitative estimate of drug-likeness (QED) is 0.925. The Balaban J connectivity index is 1.85. The van der Waals surface area contributed by atoms with Crippen LogP contribution < -0.4 is 5.32 Å². The highest BCUT2D eigenvalue weighted by atomic mass is 19.4. The molecule has 3 heterocycles. The normalized spacial score (nSPS) is 23.8. The van der Waals surface area contributed by atoms with Gasteiger partial charge in [0.25, 0.3) is 0 Å². The summed E-state index contributed by atoms with van der Waals surface area (Å²) in [4.78, 5) is 8.35. The van der Waals surface area contributed by atoms with Gasteiger partial charge in [0.05, 0.1) is 24.2 Å². The average molecular weight is 322 g/mol. The Morgan fingerprint density at radius 3 is 3.00 bits per heavy atom. The first kappa shape index (κ1) is 15.3. The van der Waals surface area contributed by atoms with Crippen LogP contribution in [0.15, 0.2) is 34.7 Å². The zero-order valence-electron chi connectivity index (χ0n) is 11.9. The zero-order valence-corrected chi connectivity index (χ0v) is 11.9. The van der Waals surface area contributed by atoms with E-state index in [0.29, 0.717) is 5.56 Å². The number of rotatable bonds is 4. The molecule has 9 heteroatoms. The maximum absolute atomic E-state index is 13.2. The number of nitrogens with one attached hydrogen (secondary N) is 1. The second-order valence-corrected chi connectivity index (χ2v) is 5.26. The molecule has 2 aliphatic rings. The zero-order chi connectivity index (χ0) is 16.4. The molecule has 3 unspecified atom stereocenters. The minimum absolute atomic E-state index is 0.124. The molecule has 120 valence electrons. The Bertz CT molecular complexity index is 709. The number of amidine groups is 1. The predicted octanol–water partition coefficient (Wildman–Crippen LogP) is 2.50. The molecule has 23 heavy (non-hydrogen) atoms. The van der Waals surface area contributed by atoms with Crippen molar-refractivity contribution in [1.82, 2.24) is 15.1 Å². The molecule has 0 fully saturated rings. The lowest BCUT2D eigenvalue weighted by Gasteiger charge is -2.21. The molecule has 0 spiro atoms. The molecule has 0 saturated heterocycles. The van der Waals surface area contributed by atoms with Gasteiger partial charge in [0.15, 0.2) is 0 Å². The van der Waals surface area contributed by atoms with Gasteiger partial charge in [-0.05, 0) is 12.6 Å². The molecule has 2 aliphatic heterocycles. The van der Waals surface area contributed by atoms with Crippen molar-refractivity contribution >= 4 is 12.2 Å². The summed E-state index contributed by atoms with van der Waals surface area (Å²) in [6, 6.07) is -0.423. The fourth-order valence-electron chi connectivity index (χ4n) is 2.68. The van der Waals surface area contributed by atoms with Crippen molar-refractivity contribution < 1.29 is 13.2 Å². The van der Waals surface area contributed by atoms with E-state index in [1.54, 1.807) is 12.3 Å². The van der Waals surface area contributed by atoms with E-state index in [4.69, 9.17) is 5.26 Å². The molecular weight excluding hydrogens is 309 g/mol. The van der Waals surface area contributed by atoms with Crippen LogP contribution in [0.3, 0.4) is 0 Å². The predicted molar refractivity (Wildman–Crippen MR) is 76.6 cm³/mol. The van der Waals surface area contributed by atoms with Crippen molar-refractivity contribution in [2.24, 2.45) is 15.9 Å². The Kier molecular flexibility index (Phi) is 3.90. The third kappa shape index (κ3) is 2.97. The average Bonchev–Trinajstić information content (AvgIpc) is 3.15. The summed E-state index contributed by atoms with van der Waals surface area (Å²) in [5.41, 5.74) is 0.582. The molecule has 1 aromatic rings. The maximum atomic E-state index is 13.2. The van der Waals surface area contributed by atoms with Gasteiger partial charge in [-0.2, -0.15) is 23.5 Å². The fourth-order valence-corrected chi connectivity index (χ4v) is 2.68. The van der Waals surface area contributed by atoms with E-state index in [1.165, 1.54) is 18.7 Å². The molecule has 0 amide bonds. The molecule has 0 saturated carbocycles. The van der Waals surface area contributed by atoms with E-state index >= 15 is 0 Å². The molecule has 0 aromatic carbocycles. The van der Waals surface area contributed by atoms with Gasteiger partial charge in [-0.3, -0.25) is 9.67 Å². The number of aromatic nitrogens is 2. The molecule has 1 N–H and O–H groups in total. The second kappa shape index (κ2) is 5.87. The van der Waals surface area contributed by atoms with E-state index in [2.05, 4.69) is 20.4 Å². The third-order valence-corrected chi connectivity index (χ3v) is 3.80. The number of hydrogen-bond acceptors (Lipinski definition) is 5. The van der Waals surface area contributed by atoms with Gasteiger partial charge in [-0.25, -0.2) is 4.99 Å². The number of alkyl halides is 3. The highest BCUT2D eigenvalue weighted by molar-refractivity contribution is 5.96. The van der Waals surface area contributed by atoms with Crippen LogP contribution in [0.5, 0.6) is 0 Å². The van der Waals surface area contributed by atoms with E-state index < -0.39 is 12.2 Å². The van der Waals surface area contributed by atoms with Gasteiger partial charge >= 0.3 is 6.18 Å². The van der Waals surface area contributed by atoms with Crippen molar-refractivity contribution in [3.8, 4) is 6.07 Å². The van der Waals surface area contributed by atoms with Crippen LogP contribution in [0.25, 0.3) is 0 Å². The third-order valence-electron chi connectivity index (χ3n) is 3.80. The topological polar surface area (TPSA) is 78.4 Å². The number of aliphatic imine (C=N–C) groups is 2. The lowest BCUT2D eigenvalue weighted by Crippen LogP contribution is -2.27. The molecule has 1 aromatic heterocycles. The van der Waals surface area contributed by atoms with Crippen LogP contribution in [0.4, 0.5) is 13.2 Å². The number of halogens is 3. The van der Waals surface area contributed by atoms with Gasteiger partial charge in [-0.1, -0.05) is 6.08 Å². The van der Waals surface area contributed by atoms with Crippen molar-refractivity contribution in [2.75, 3.05) is 0 Å². The van der Waals surface area contributed by atoms with Crippen LogP contribution in [0.2, 0.25) is 0 Å². The molecule has 0 radical (unpaired) electrons. The van der Waals surface area contributed by atoms with Gasteiger partial charge in [-0.15, -0.1) is 0 Å². The van der Waals surface area contributed by atoms with Gasteiger partial charge in [0.2, 0.25) is 0 Å². The summed E-state index contributed by atoms with van der Waals surface area (Å²) in [6.07, 6.45) is 2.77. The minimum Gasteiger partial charge on any atom is -0.350 e. The van der Waals surface area contributed by atoms with Crippen LogP contribution in [0.1, 0.15) is 30.5 Å². The Hall–Kier alpha value is -2.63. The minimum atomic E-state index is -4.46. The SMILES string of the molecule is N#CCCC(n1cc(C2N=CN=C3NC=CC32)cn1)C(F)(F)F. The van der Waals surface area contributed by atoms with Gasteiger partial charge < -0.3 is 5.32 Å². The van der Waals surface area contributed by atoms with E-state index in [0.717, 1.165) is 10.5 Å². The van der Waals surface area contributed by atoms with Crippen LogP contribution in [-0.2, 0) is 0 Å². The van der Waals surface area contributed by atoms with Crippen molar-refractivity contribution in [1.29, 1.82) is 5.26 Å². The summed E-state index contributed by atoms with van der Waals surface area (Å²) in [6.45, 7) is 0. The monoisotopic (exact) mass is 322 g/mol.